The number of benzene rings is 1. The van der Waals surface area contributed by atoms with E-state index in [2.05, 4.69) is 20.2 Å². The number of amides is 1. The lowest BCUT2D eigenvalue weighted by molar-refractivity contribution is 0.0902. The zero-order valence-corrected chi connectivity index (χ0v) is 19.1. The summed E-state index contributed by atoms with van der Waals surface area (Å²) in [6.45, 7) is 3.22. The summed E-state index contributed by atoms with van der Waals surface area (Å²) < 4.78 is 6.03. The summed E-state index contributed by atoms with van der Waals surface area (Å²) in [5.41, 5.74) is 1.41. The lowest BCUT2D eigenvalue weighted by Crippen LogP contribution is -2.42. The number of ether oxygens (including phenoxy) is 1. The molecular formula is C22H22Cl2N4O2S. The maximum Gasteiger partial charge on any atom is 0.270 e. The Kier molecular flexibility index (Phi) is 7.40. The van der Waals surface area contributed by atoms with Crippen LogP contribution < -0.4 is 10.1 Å². The number of hydrogen-bond acceptors (Lipinski definition) is 6. The topological polar surface area (TPSA) is 67.4 Å². The third-order valence-corrected chi connectivity index (χ3v) is 6.74. The number of carbonyl (C=O) groups excluding carboxylic acids is 1. The first-order valence-electron chi connectivity index (χ1n) is 10.1. The van der Waals surface area contributed by atoms with Crippen molar-refractivity contribution in [2.75, 3.05) is 26.2 Å². The average Bonchev–Trinajstić information content (AvgIpc) is 3.29. The second-order valence-corrected chi connectivity index (χ2v) is 8.94. The van der Waals surface area contributed by atoms with Crippen molar-refractivity contribution in [2.24, 2.45) is 0 Å². The van der Waals surface area contributed by atoms with Crippen LogP contribution in [0.15, 0.2) is 48.1 Å². The minimum atomic E-state index is -0.144. The van der Waals surface area contributed by atoms with Gasteiger partial charge in [0.15, 0.2) is 0 Å². The van der Waals surface area contributed by atoms with E-state index in [0.29, 0.717) is 22.3 Å². The van der Waals surface area contributed by atoms with Gasteiger partial charge in [-0.1, -0.05) is 23.2 Å². The highest BCUT2D eigenvalue weighted by Gasteiger charge is 2.21. The van der Waals surface area contributed by atoms with Gasteiger partial charge in [0.05, 0.1) is 10.0 Å². The monoisotopic (exact) mass is 476 g/mol. The fourth-order valence-corrected chi connectivity index (χ4v) is 4.51. The quantitative estimate of drug-likeness (QED) is 0.530. The van der Waals surface area contributed by atoms with Gasteiger partial charge in [0.25, 0.3) is 5.91 Å². The minimum absolute atomic E-state index is 0.144. The molecule has 1 saturated heterocycles. The fourth-order valence-electron chi connectivity index (χ4n) is 3.42. The molecule has 0 aliphatic carbocycles. The second kappa shape index (κ2) is 10.4. The van der Waals surface area contributed by atoms with Crippen LogP contribution in [0.2, 0.25) is 10.0 Å². The molecule has 0 saturated carbocycles. The van der Waals surface area contributed by atoms with Crippen LogP contribution in [-0.2, 0) is 0 Å². The number of pyridine rings is 1. The highest BCUT2D eigenvalue weighted by Crippen LogP contribution is 2.28. The summed E-state index contributed by atoms with van der Waals surface area (Å²) in [7, 11) is 0. The van der Waals surface area contributed by atoms with Crippen LogP contribution in [-0.4, -0.2) is 53.1 Å². The van der Waals surface area contributed by atoms with E-state index in [1.165, 1.54) is 11.3 Å². The van der Waals surface area contributed by atoms with Crippen molar-refractivity contribution in [3.63, 3.8) is 0 Å². The number of nitrogens with zero attached hydrogens (tertiary/aromatic N) is 3. The Morgan fingerprint density at radius 2 is 1.94 bits per heavy atom. The van der Waals surface area contributed by atoms with E-state index >= 15 is 0 Å². The minimum Gasteiger partial charge on any atom is -0.490 e. The molecule has 1 amide bonds. The van der Waals surface area contributed by atoms with Gasteiger partial charge in [0.2, 0.25) is 0 Å². The van der Waals surface area contributed by atoms with Crippen molar-refractivity contribution in [3.05, 3.63) is 63.8 Å². The molecule has 6 nitrogen and oxygen atoms in total. The predicted molar refractivity (Wildman–Crippen MR) is 124 cm³/mol. The van der Waals surface area contributed by atoms with E-state index in [9.17, 15) is 4.79 Å². The summed E-state index contributed by atoms with van der Waals surface area (Å²) in [6.07, 6.45) is 5.44. The van der Waals surface area contributed by atoms with Crippen molar-refractivity contribution < 1.29 is 9.53 Å². The maximum absolute atomic E-state index is 12.4. The van der Waals surface area contributed by atoms with E-state index in [0.717, 1.165) is 48.8 Å². The molecule has 1 aliphatic heterocycles. The van der Waals surface area contributed by atoms with Crippen LogP contribution in [0, 0.1) is 0 Å². The Hall–Kier alpha value is -2.19. The van der Waals surface area contributed by atoms with Gasteiger partial charge >= 0.3 is 0 Å². The first-order chi connectivity index (χ1) is 15.1. The SMILES string of the molecule is O=C(NCCN1CCC(Oc2ccc(Cl)c(Cl)c2)CC1)c1csc(-c2ccncc2)n1. The zero-order chi connectivity index (χ0) is 21.6. The number of halogens is 2. The highest BCUT2D eigenvalue weighted by atomic mass is 35.5. The summed E-state index contributed by atoms with van der Waals surface area (Å²) in [5.74, 6) is 0.601. The molecule has 3 aromatic rings. The third kappa shape index (κ3) is 5.95. The molecule has 1 fully saturated rings. The summed E-state index contributed by atoms with van der Waals surface area (Å²) in [5, 5.41) is 6.60. The molecule has 1 aromatic carbocycles. The maximum atomic E-state index is 12.4. The Morgan fingerprint density at radius 3 is 2.68 bits per heavy atom. The molecule has 1 N–H and O–H groups in total. The highest BCUT2D eigenvalue weighted by molar-refractivity contribution is 7.13. The first kappa shape index (κ1) is 22.0. The van der Waals surface area contributed by atoms with Crippen molar-refractivity contribution in [1.82, 2.24) is 20.2 Å². The smallest absolute Gasteiger partial charge is 0.270 e. The van der Waals surface area contributed by atoms with Gasteiger partial charge < -0.3 is 15.0 Å². The Labute approximate surface area is 195 Å². The number of aromatic nitrogens is 2. The standard InChI is InChI=1S/C22H22Cl2N4O2S/c23-18-2-1-17(13-19(18)24)30-16-5-10-28(11-6-16)12-9-26-21(29)20-14-31-22(27-20)15-3-7-25-8-4-15/h1-4,7-8,13-14,16H,5-6,9-12H2,(H,26,29). The molecule has 31 heavy (non-hydrogen) atoms. The molecule has 0 bridgehead atoms. The van der Waals surface area contributed by atoms with Crippen molar-refractivity contribution in [1.29, 1.82) is 0 Å². The van der Waals surface area contributed by atoms with Crippen molar-refractivity contribution in [2.45, 2.75) is 18.9 Å². The molecule has 4 rings (SSSR count). The number of nitrogens with one attached hydrogen (secondary N) is 1. The van der Waals surface area contributed by atoms with Crippen LogP contribution >= 0.6 is 34.5 Å². The van der Waals surface area contributed by atoms with Crippen LogP contribution in [0.5, 0.6) is 5.75 Å². The first-order valence-corrected chi connectivity index (χ1v) is 11.7. The molecule has 2 aromatic heterocycles. The van der Waals surface area contributed by atoms with Crippen molar-refractivity contribution >= 4 is 40.4 Å². The van der Waals surface area contributed by atoms with Gasteiger partial charge in [-0.05, 0) is 37.1 Å². The Bertz CT molecular complexity index is 1020. The molecule has 0 radical (unpaired) electrons. The van der Waals surface area contributed by atoms with E-state index in [4.69, 9.17) is 27.9 Å². The number of thiazole rings is 1. The number of piperidine rings is 1. The average molecular weight is 477 g/mol. The second-order valence-electron chi connectivity index (χ2n) is 7.26. The van der Waals surface area contributed by atoms with E-state index < -0.39 is 0 Å². The number of hydrogen-bond donors (Lipinski definition) is 1. The third-order valence-electron chi connectivity index (χ3n) is 5.11. The van der Waals surface area contributed by atoms with Gasteiger partial charge in [-0.2, -0.15) is 0 Å². The molecule has 0 spiro atoms. The molecule has 0 atom stereocenters. The lowest BCUT2D eigenvalue weighted by atomic mass is 10.1. The normalized spacial score (nSPS) is 15.0. The van der Waals surface area contributed by atoms with Crippen LogP contribution in [0.4, 0.5) is 0 Å². The number of carbonyl (C=O) groups is 1. The zero-order valence-electron chi connectivity index (χ0n) is 16.8. The summed E-state index contributed by atoms with van der Waals surface area (Å²) >= 11 is 13.5. The van der Waals surface area contributed by atoms with Gasteiger partial charge in [-0.3, -0.25) is 9.78 Å². The van der Waals surface area contributed by atoms with Gasteiger partial charge in [0, 0.05) is 55.6 Å². The summed E-state index contributed by atoms with van der Waals surface area (Å²) in [4.78, 5) is 23.2. The molecule has 0 unspecified atom stereocenters. The molecule has 1 aliphatic rings. The van der Waals surface area contributed by atoms with E-state index in [1.807, 2.05) is 18.2 Å². The van der Waals surface area contributed by atoms with E-state index in [-0.39, 0.29) is 12.0 Å². The molecule has 162 valence electrons. The molecular weight excluding hydrogens is 455 g/mol. The van der Waals surface area contributed by atoms with Crippen LogP contribution in [0.25, 0.3) is 10.6 Å². The number of likely N-dealkylation sites (tertiary alicyclic amines) is 1. The molecule has 3 heterocycles. The Balaban J connectivity index is 1.18. The predicted octanol–water partition coefficient (Wildman–Crippen LogP) is 4.79. The van der Waals surface area contributed by atoms with Gasteiger partial charge in [0.1, 0.15) is 22.6 Å². The molecule has 9 heteroatoms. The van der Waals surface area contributed by atoms with Crippen molar-refractivity contribution in [3.8, 4) is 16.3 Å². The Morgan fingerprint density at radius 1 is 1.16 bits per heavy atom. The number of rotatable bonds is 7. The van der Waals surface area contributed by atoms with Gasteiger partial charge in [-0.15, -0.1) is 11.3 Å². The van der Waals surface area contributed by atoms with Crippen LogP contribution in [0.1, 0.15) is 23.3 Å². The van der Waals surface area contributed by atoms with Crippen LogP contribution in [0.3, 0.4) is 0 Å². The fraction of sp³-hybridized carbons (Fsp3) is 0.318. The summed E-state index contributed by atoms with van der Waals surface area (Å²) in [6, 6.07) is 9.11. The lowest BCUT2D eigenvalue weighted by Gasteiger charge is -2.32. The van der Waals surface area contributed by atoms with E-state index in [1.54, 1.807) is 29.9 Å². The largest absolute Gasteiger partial charge is 0.490 e. The van der Waals surface area contributed by atoms with Gasteiger partial charge in [-0.25, -0.2) is 4.98 Å².